The van der Waals surface area contributed by atoms with Crippen LogP contribution in [0.5, 0.6) is 11.5 Å². The van der Waals surface area contributed by atoms with Gasteiger partial charge in [0.1, 0.15) is 5.82 Å². The van der Waals surface area contributed by atoms with Gasteiger partial charge in [-0.05, 0) is 37.1 Å². The van der Waals surface area contributed by atoms with Gasteiger partial charge in [-0.15, -0.1) is 0 Å². The Morgan fingerprint density at radius 3 is 2.12 bits per heavy atom. The highest BCUT2D eigenvalue weighted by Crippen LogP contribution is 2.30. The molecule has 0 radical (unpaired) electrons. The molecule has 4 nitrogen and oxygen atoms in total. The zero-order valence-electron chi connectivity index (χ0n) is 10.2. The lowest BCUT2D eigenvalue weighted by atomic mass is 9.99. The molecule has 5 heteroatoms. The average molecular weight is 242 g/mol. The predicted octanol–water partition coefficient (Wildman–Crippen LogP) is 0.919. The van der Waals surface area contributed by atoms with Gasteiger partial charge >= 0.3 is 0 Å². The van der Waals surface area contributed by atoms with E-state index in [0.717, 1.165) is 0 Å². The summed E-state index contributed by atoms with van der Waals surface area (Å²) in [6, 6.07) is 2.95. The summed E-state index contributed by atoms with van der Waals surface area (Å²) in [5, 5.41) is 0. The van der Waals surface area contributed by atoms with Crippen molar-refractivity contribution in [1.82, 2.24) is 0 Å². The number of halogens is 1. The molecule has 0 amide bonds. The highest BCUT2D eigenvalue weighted by molar-refractivity contribution is 5.43. The first-order valence-corrected chi connectivity index (χ1v) is 5.46. The lowest BCUT2D eigenvalue weighted by molar-refractivity contribution is 0.351. The third-order valence-electron chi connectivity index (χ3n) is 2.73. The average Bonchev–Trinajstić information content (AvgIpc) is 2.36. The highest BCUT2D eigenvalue weighted by Gasteiger charge is 2.14. The predicted molar refractivity (Wildman–Crippen MR) is 64.8 cm³/mol. The smallest absolute Gasteiger partial charge is 0.163 e. The number of ether oxygens (including phenoxy) is 2. The van der Waals surface area contributed by atoms with Crippen molar-refractivity contribution >= 4 is 0 Å². The second-order valence-corrected chi connectivity index (χ2v) is 3.84. The molecule has 0 aliphatic heterocycles. The minimum atomic E-state index is -0.324. The fourth-order valence-corrected chi connectivity index (χ4v) is 1.63. The maximum Gasteiger partial charge on any atom is 0.163 e. The van der Waals surface area contributed by atoms with Gasteiger partial charge in [0, 0.05) is 6.07 Å². The molecule has 0 aliphatic carbocycles. The van der Waals surface area contributed by atoms with Gasteiger partial charge < -0.3 is 20.9 Å². The van der Waals surface area contributed by atoms with Crippen LogP contribution in [0.15, 0.2) is 12.1 Å². The molecule has 0 bridgehead atoms. The summed E-state index contributed by atoms with van der Waals surface area (Å²) in [6.07, 6.45) is 0.499. The van der Waals surface area contributed by atoms with Gasteiger partial charge in [0.25, 0.3) is 0 Å². The largest absolute Gasteiger partial charge is 0.493 e. The minimum absolute atomic E-state index is 0.0719. The first kappa shape index (κ1) is 13.7. The molecule has 0 spiro atoms. The Labute approximate surface area is 101 Å². The van der Waals surface area contributed by atoms with Crippen LogP contribution in [-0.4, -0.2) is 27.3 Å². The SMILES string of the molecule is COc1cc(F)c(CC(CN)CN)cc1OC. The number of hydrogen-bond acceptors (Lipinski definition) is 4. The molecule has 1 aromatic carbocycles. The van der Waals surface area contributed by atoms with Gasteiger partial charge in [-0.1, -0.05) is 0 Å². The van der Waals surface area contributed by atoms with Crippen LogP contribution in [0.3, 0.4) is 0 Å². The van der Waals surface area contributed by atoms with Crippen molar-refractivity contribution in [2.45, 2.75) is 6.42 Å². The van der Waals surface area contributed by atoms with Crippen LogP contribution in [0.2, 0.25) is 0 Å². The third-order valence-corrected chi connectivity index (χ3v) is 2.73. The maximum absolute atomic E-state index is 13.8. The van der Waals surface area contributed by atoms with Crippen LogP contribution in [-0.2, 0) is 6.42 Å². The molecule has 17 heavy (non-hydrogen) atoms. The number of rotatable bonds is 6. The molecule has 96 valence electrons. The third kappa shape index (κ3) is 3.31. The summed E-state index contributed by atoms with van der Waals surface area (Å²) in [4.78, 5) is 0. The second-order valence-electron chi connectivity index (χ2n) is 3.84. The quantitative estimate of drug-likeness (QED) is 0.778. The minimum Gasteiger partial charge on any atom is -0.493 e. The summed E-state index contributed by atoms with van der Waals surface area (Å²) in [5.41, 5.74) is 11.6. The van der Waals surface area contributed by atoms with E-state index < -0.39 is 0 Å². The van der Waals surface area contributed by atoms with E-state index in [1.54, 1.807) is 6.07 Å². The standard InChI is InChI=1S/C12H19FN2O2/c1-16-11-4-9(3-8(6-14)7-15)10(13)5-12(11)17-2/h4-5,8H,3,6-7,14-15H2,1-2H3. The zero-order chi connectivity index (χ0) is 12.8. The van der Waals surface area contributed by atoms with E-state index in [1.807, 2.05) is 0 Å². The molecule has 4 N–H and O–H groups in total. The lowest BCUT2D eigenvalue weighted by Gasteiger charge is -2.15. The monoisotopic (exact) mass is 242 g/mol. The number of methoxy groups -OCH3 is 2. The summed E-state index contributed by atoms with van der Waals surface area (Å²) in [5.74, 6) is 0.639. The van der Waals surface area contributed by atoms with Crippen molar-refractivity contribution in [3.8, 4) is 11.5 Å². The molecular formula is C12H19FN2O2. The van der Waals surface area contributed by atoms with Crippen LogP contribution in [0.1, 0.15) is 5.56 Å². The molecule has 0 unspecified atom stereocenters. The Kier molecular flexibility index (Phi) is 5.18. The first-order valence-electron chi connectivity index (χ1n) is 5.46. The highest BCUT2D eigenvalue weighted by atomic mass is 19.1. The van der Waals surface area contributed by atoms with E-state index in [1.165, 1.54) is 20.3 Å². The summed E-state index contributed by atoms with van der Waals surface area (Å²) >= 11 is 0. The summed E-state index contributed by atoms with van der Waals surface area (Å²) in [6.45, 7) is 0.870. The first-order chi connectivity index (χ1) is 8.15. The molecule has 0 atom stereocenters. The fraction of sp³-hybridized carbons (Fsp3) is 0.500. The molecule has 0 fully saturated rings. The Hall–Kier alpha value is -1.33. The van der Waals surface area contributed by atoms with Crippen LogP contribution in [0, 0.1) is 11.7 Å². The van der Waals surface area contributed by atoms with Crippen molar-refractivity contribution in [1.29, 1.82) is 0 Å². The normalized spacial score (nSPS) is 10.7. The van der Waals surface area contributed by atoms with Crippen molar-refractivity contribution in [3.05, 3.63) is 23.5 Å². The van der Waals surface area contributed by atoms with Crippen molar-refractivity contribution in [3.63, 3.8) is 0 Å². The molecule has 0 aromatic heterocycles. The van der Waals surface area contributed by atoms with Gasteiger partial charge in [-0.25, -0.2) is 4.39 Å². The van der Waals surface area contributed by atoms with E-state index in [4.69, 9.17) is 20.9 Å². The van der Waals surface area contributed by atoms with E-state index in [9.17, 15) is 4.39 Å². The lowest BCUT2D eigenvalue weighted by Crippen LogP contribution is -2.25. The Morgan fingerprint density at radius 1 is 1.12 bits per heavy atom. The van der Waals surface area contributed by atoms with Gasteiger partial charge in [-0.2, -0.15) is 0 Å². The summed E-state index contributed by atoms with van der Waals surface area (Å²) < 4.78 is 23.9. The molecule has 1 aromatic rings. The van der Waals surface area contributed by atoms with Crippen LogP contribution in [0.4, 0.5) is 4.39 Å². The Balaban J connectivity index is 2.99. The van der Waals surface area contributed by atoms with Crippen LogP contribution in [0.25, 0.3) is 0 Å². The second kappa shape index (κ2) is 6.42. The number of benzene rings is 1. The molecular weight excluding hydrogens is 223 g/mol. The van der Waals surface area contributed by atoms with Gasteiger partial charge in [0.15, 0.2) is 11.5 Å². The van der Waals surface area contributed by atoms with Gasteiger partial charge in [0.05, 0.1) is 14.2 Å². The van der Waals surface area contributed by atoms with Crippen molar-refractivity contribution in [2.24, 2.45) is 17.4 Å². The Morgan fingerprint density at radius 2 is 1.65 bits per heavy atom. The van der Waals surface area contributed by atoms with Gasteiger partial charge in [-0.3, -0.25) is 0 Å². The molecule has 0 aliphatic rings. The Bertz CT molecular complexity index is 368. The van der Waals surface area contributed by atoms with Crippen molar-refractivity contribution in [2.75, 3.05) is 27.3 Å². The van der Waals surface area contributed by atoms with E-state index >= 15 is 0 Å². The van der Waals surface area contributed by atoms with Crippen LogP contribution >= 0.6 is 0 Å². The number of hydrogen-bond donors (Lipinski definition) is 2. The van der Waals surface area contributed by atoms with E-state index in [-0.39, 0.29) is 11.7 Å². The molecule has 1 rings (SSSR count). The molecule has 0 saturated carbocycles. The maximum atomic E-state index is 13.8. The summed E-state index contributed by atoms with van der Waals surface area (Å²) in [7, 11) is 2.99. The molecule has 0 saturated heterocycles. The van der Waals surface area contributed by atoms with Crippen molar-refractivity contribution < 1.29 is 13.9 Å². The molecule has 0 heterocycles. The fourth-order valence-electron chi connectivity index (χ4n) is 1.63. The topological polar surface area (TPSA) is 70.5 Å². The van der Waals surface area contributed by atoms with Crippen LogP contribution < -0.4 is 20.9 Å². The zero-order valence-corrected chi connectivity index (χ0v) is 10.2. The number of nitrogens with two attached hydrogens (primary N) is 2. The van der Waals surface area contributed by atoms with E-state index in [2.05, 4.69) is 0 Å². The van der Waals surface area contributed by atoms with E-state index in [0.29, 0.717) is 36.6 Å². The van der Waals surface area contributed by atoms with Gasteiger partial charge in [0.2, 0.25) is 0 Å².